The molecule has 0 aromatic heterocycles. The van der Waals surface area contributed by atoms with Gasteiger partial charge < -0.3 is 10.6 Å². The van der Waals surface area contributed by atoms with Gasteiger partial charge in [-0.1, -0.05) is 20.8 Å². The average Bonchev–Trinajstić information content (AvgIpc) is 2.24. The van der Waals surface area contributed by atoms with Gasteiger partial charge in [0.05, 0.1) is 0 Å². The molecule has 0 unspecified atom stereocenters. The van der Waals surface area contributed by atoms with Crippen LogP contribution < -0.4 is 10.6 Å². The maximum absolute atomic E-state index is 11.2. The summed E-state index contributed by atoms with van der Waals surface area (Å²) in [5, 5.41) is 7.11. The van der Waals surface area contributed by atoms with E-state index in [0.29, 0.717) is 10.7 Å². The van der Waals surface area contributed by atoms with Crippen LogP contribution in [-0.4, -0.2) is 16.4 Å². The summed E-state index contributed by atoms with van der Waals surface area (Å²) in [7, 11) is 0. The second-order valence-corrected chi connectivity index (χ2v) is 7.74. The molecule has 0 bridgehead atoms. The highest BCUT2D eigenvalue weighted by Gasteiger charge is 2.25. The van der Waals surface area contributed by atoms with Gasteiger partial charge in [0.2, 0.25) is 0 Å². The summed E-state index contributed by atoms with van der Waals surface area (Å²) in [5.41, 5.74) is 1.73. The number of carbonyl (C=O) groups excluding carboxylic acids is 1. The molecule has 0 fully saturated rings. The first-order chi connectivity index (χ1) is 9.48. The number of nitrogens with one attached hydrogen (secondary N) is 2. The molecule has 0 saturated carbocycles. The van der Waals surface area contributed by atoms with Crippen molar-refractivity contribution in [1.82, 2.24) is 5.32 Å². The van der Waals surface area contributed by atoms with Gasteiger partial charge in [-0.05, 0) is 69.1 Å². The van der Waals surface area contributed by atoms with Crippen molar-refractivity contribution in [1.29, 1.82) is 0 Å². The Labute approximate surface area is 133 Å². The molecule has 0 spiro atoms. The molecule has 1 rings (SSSR count). The van der Waals surface area contributed by atoms with Gasteiger partial charge in [-0.3, -0.25) is 4.79 Å². The molecule has 0 aliphatic rings. The SMILES string of the molecule is CC(=O)c1ccc(NC(=S)NC(C)(C)CC(C)(C)C)cc1. The maximum atomic E-state index is 11.2. The lowest BCUT2D eigenvalue weighted by Crippen LogP contribution is -2.47. The Morgan fingerprint density at radius 2 is 1.62 bits per heavy atom. The number of Topliss-reactive ketones (excluding diaryl/α,β-unsaturated/α-hetero) is 1. The maximum Gasteiger partial charge on any atom is 0.171 e. The second-order valence-electron chi connectivity index (χ2n) is 7.33. The topological polar surface area (TPSA) is 41.1 Å². The highest BCUT2D eigenvalue weighted by atomic mass is 32.1. The van der Waals surface area contributed by atoms with Crippen molar-refractivity contribution >= 4 is 28.8 Å². The van der Waals surface area contributed by atoms with E-state index in [2.05, 4.69) is 45.3 Å². The molecule has 2 N–H and O–H groups in total. The molecule has 1 aromatic rings. The van der Waals surface area contributed by atoms with E-state index in [9.17, 15) is 4.79 Å². The molecule has 0 saturated heterocycles. The standard InChI is InChI=1S/C17H26N2OS/c1-12(20)13-7-9-14(10-8-13)18-15(21)19-17(5,6)11-16(2,3)4/h7-10H,11H2,1-6H3,(H2,18,19,21). The molecule has 4 heteroatoms. The Morgan fingerprint density at radius 1 is 1.10 bits per heavy atom. The van der Waals surface area contributed by atoms with Gasteiger partial charge in [-0.15, -0.1) is 0 Å². The Balaban J connectivity index is 2.63. The van der Waals surface area contributed by atoms with E-state index in [1.165, 1.54) is 0 Å². The summed E-state index contributed by atoms with van der Waals surface area (Å²) < 4.78 is 0. The zero-order valence-electron chi connectivity index (χ0n) is 13.8. The summed E-state index contributed by atoms with van der Waals surface area (Å²) in [6, 6.07) is 7.32. The first-order valence-corrected chi connectivity index (χ1v) is 7.59. The molecule has 1 aromatic carbocycles. The number of rotatable bonds is 4. The van der Waals surface area contributed by atoms with Crippen LogP contribution in [0, 0.1) is 5.41 Å². The van der Waals surface area contributed by atoms with E-state index in [4.69, 9.17) is 12.2 Å². The van der Waals surface area contributed by atoms with Gasteiger partial charge in [-0.2, -0.15) is 0 Å². The third-order valence-electron chi connectivity index (χ3n) is 2.97. The van der Waals surface area contributed by atoms with Crippen LogP contribution in [0.25, 0.3) is 0 Å². The summed E-state index contributed by atoms with van der Waals surface area (Å²) in [6.07, 6.45) is 1.01. The number of thiocarbonyl (C=S) groups is 1. The molecule has 116 valence electrons. The number of carbonyl (C=O) groups is 1. The number of hydrogen-bond donors (Lipinski definition) is 2. The van der Waals surface area contributed by atoms with Crippen LogP contribution in [-0.2, 0) is 0 Å². The van der Waals surface area contributed by atoms with Crippen molar-refractivity contribution in [2.45, 2.75) is 53.5 Å². The van der Waals surface area contributed by atoms with Gasteiger partial charge in [0.25, 0.3) is 0 Å². The molecule has 3 nitrogen and oxygen atoms in total. The van der Waals surface area contributed by atoms with Crippen molar-refractivity contribution in [3.05, 3.63) is 29.8 Å². The minimum absolute atomic E-state index is 0.0635. The normalized spacial score (nSPS) is 11.9. The van der Waals surface area contributed by atoms with Gasteiger partial charge in [-0.25, -0.2) is 0 Å². The van der Waals surface area contributed by atoms with E-state index in [1.807, 2.05) is 12.1 Å². The fourth-order valence-electron chi connectivity index (χ4n) is 2.63. The van der Waals surface area contributed by atoms with Crippen LogP contribution in [0.2, 0.25) is 0 Å². The molecular formula is C17H26N2OS. The summed E-state index contributed by atoms with van der Waals surface area (Å²) in [6.45, 7) is 12.5. The van der Waals surface area contributed by atoms with Gasteiger partial charge in [0.1, 0.15) is 0 Å². The zero-order chi connectivity index (χ0) is 16.3. The van der Waals surface area contributed by atoms with Crippen molar-refractivity contribution < 1.29 is 4.79 Å². The Bertz CT molecular complexity index is 513. The molecule has 21 heavy (non-hydrogen) atoms. The van der Waals surface area contributed by atoms with E-state index in [0.717, 1.165) is 12.1 Å². The minimum Gasteiger partial charge on any atom is -0.358 e. The minimum atomic E-state index is -0.0817. The van der Waals surface area contributed by atoms with Crippen molar-refractivity contribution in [2.75, 3.05) is 5.32 Å². The van der Waals surface area contributed by atoms with Crippen LogP contribution in [0.4, 0.5) is 5.69 Å². The predicted molar refractivity (Wildman–Crippen MR) is 94.0 cm³/mol. The number of hydrogen-bond acceptors (Lipinski definition) is 2. The lowest BCUT2D eigenvalue weighted by atomic mass is 9.82. The highest BCUT2D eigenvalue weighted by Crippen LogP contribution is 2.26. The summed E-state index contributed by atoms with van der Waals surface area (Å²) in [5.74, 6) is 0.0635. The van der Waals surface area contributed by atoms with Crippen molar-refractivity contribution in [3.8, 4) is 0 Å². The van der Waals surface area contributed by atoms with Crippen LogP contribution in [0.5, 0.6) is 0 Å². The predicted octanol–water partition coefficient (Wildman–Crippen LogP) is 4.39. The molecule has 0 heterocycles. The van der Waals surface area contributed by atoms with Crippen LogP contribution >= 0.6 is 12.2 Å². The van der Waals surface area contributed by atoms with Crippen molar-refractivity contribution in [2.24, 2.45) is 5.41 Å². The quantitative estimate of drug-likeness (QED) is 0.639. The Morgan fingerprint density at radius 3 is 2.05 bits per heavy atom. The Hall–Kier alpha value is -1.42. The Kier molecular flexibility index (Phi) is 5.51. The lowest BCUT2D eigenvalue weighted by molar-refractivity contribution is 0.101. The number of ketones is 1. The molecular weight excluding hydrogens is 280 g/mol. The number of anilines is 1. The summed E-state index contributed by atoms with van der Waals surface area (Å²) in [4.78, 5) is 11.2. The van der Waals surface area contributed by atoms with Crippen LogP contribution in [0.3, 0.4) is 0 Å². The number of benzene rings is 1. The first-order valence-electron chi connectivity index (χ1n) is 7.19. The average molecular weight is 306 g/mol. The van der Waals surface area contributed by atoms with E-state index < -0.39 is 0 Å². The van der Waals surface area contributed by atoms with E-state index in [1.54, 1.807) is 19.1 Å². The summed E-state index contributed by atoms with van der Waals surface area (Å²) >= 11 is 5.37. The molecule has 0 amide bonds. The van der Waals surface area contributed by atoms with Gasteiger partial charge in [0.15, 0.2) is 10.9 Å². The third-order valence-corrected chi connectivity index (χ3v) is 3.18. The smallest absolute Gasteiger partial charge is 0.171 e. The van der Waals surface area contributed by atoms with E-state index in [-0.39, 0.29) is 16.7 Å². The molecule has 0 aliphatic heterocycles. The first kappa shape index (κ1) is 17.6. The fraction of sp³-hybridized carbons (Fsp3) is 0.529. The van der Waals surface area contributed by atoms with Gasteiger partial charge in [0, 0.05) is 16.8 Å². The van der Waals surface area contributed by atoms with Crippen LogP contribution in [0.1, 0.15) is 58.3 Å². The molecule has 0 radical (unpaired) electrons. The van der Waals surface area contributed by atoms with Crippen molar-refractivity contribution in [3.63, 3.8) is 0 Å². The lowest BCUT2D eigenvalue weighted by Gasteiger charge is -2.34. The van der Waals surface area contributed by atoms with Gasteiger partial charge >= 0.3 is 0 Å². The molecule has 0 atom stereocenters. The largest absolute Gasteiger partial charge is 0.358 e. The fourth-order valence-corrected chi connectivity index (χ4v) is 3.02. The van der Waals surface area contributed by atoms with E-state index >= 15 is 0 Å². The highest BCUT2D eigenvalue weighted by molar-refractivity contribution is 7.80. The second kappa shape index (κ2) is 6.56. The van der Waals surface area contributed by atoms with Crippen LogP contribution in [0.15, 0.2) is 24.3 Å². The zero-order valence-corrected chi connectivity index (χ0v) is 14.6. The monoisotopic (exact) mass is 306 g/mol. The third kappa shape index (κ3) is 6.71. The molecule has 0 aliphatic carbocycles.